The minimum Gasteiger partial charge on any atom is -0.489 e. The Kier molecular flexibility index (Phi) is 4.49. The number of hydrogen-bond donors (Lipinski definition) is 1. The minimum atomic E-state index is -0.179. The average Bonchev–Trinajstić information content (AvgIpc) is 2.93. The Morgan fingerprint density at radius 1 is 0.966 bits per heavy atom. The molecule has 0 saturated heterocycles. The SMILES string of the molecule is C=CCOc1ccccc1[C@@H]1Sc2ccccc2NC2=C1C(=O)c1ccccc12. The summed E-state index contributed by atoms with van der Waals surface area (Å²) in [6.45, 7) is 4.17. The van der Waals surface area contributed by atoms with Crippen molar-refractivity contribution in [3.05, 3.63) is 108 Å². The third-order valence-corrected chi connectivity index (χ3v) is 6.50. The normalized spacial score (nSPS) is 17.0. The number of ether oxygens (including phenoxy) is 1. The number of anilines is 1. The zero-order chi connectivity index (χ0) is 19.8. The van der Waals surface area contributed by atoms with Gasteiger partial charge in [-0.15, -0.1) is 11.8 Å². The van der Waals surface area contributed by atoms with Crippen molar-refractivity contribution in [2.45, 2.75) is 10.1 Å². The first-order chi connectivity index (χ1) is 14.3. The van der Waals surface area contributed by atoms with Crippen LogP contribution in [0.1, 0.15) is 26.7 Å². The summed E-state index contributed by atoms with van der Waals surface area (Å²) in [5, 5.41) is 3.37. The molecule has 0 bridgehead atoms. The smallest absolute Gasteiger partial charge is 0.193 e. The minimum absolute atomic E-state index is 0.0759. The Hall–Kier alpha value is -3.24. The second-order valence-corrected chi connectivity index (χ2v) is 8.07. The number of Topliss-reactive ketones (excluding diaryl/α,β-unsaturated/α-hetero) is 1. The molecule has 142 valence electrons. The van der Waals surface area contributed by atoms with Crippen molar-refractivity contribution in [2.75, 3.05) is 11.9 Å². The lowest BCUT2D eigenvalue weighted by molar-refractivity contribution is 0.103. The van der Waals surface area contributed by atoms with Gasteiger partial charge in [0.2, 0.25) is 0 Å². The highest BCUT2D eigenvalue weighted by Gasteiger charge is 2.38. The molecule has 5 rings (SSSR count). The third-order valence-electron chi connectivity index (χ3n) is 5.17. The lowest BCUT2D eigenvalue weighted by Crippen LogP contribution is -2.09. The van der Waals surface area contributed by atoms with Crippen LogP contribution in [0.25, 0.3) is 5.70 Å². The fourth-order valence-corrected chi connectivity index (χ4v) is 5.20. The summed E-state index contributed by atoms with van der Waals surface area (Å²) in [5.41, 5.74) is 5.39. The van der Waals surface area contributed by atoms with E-state index in [2.05, 4.69) is 24.0 Å². The number of hydrogen-bond acceptors (Lipinski definition) is 4. The monoisotopic (exact) mass is 397 g/mol. The van der Waals surface area contributed by atoms with Crippen molar-refractivity contribution in [1.29, 1.82) is 0 Å². The Bertz CT molecular complexity index is 1160. The van der Waals surface area contributed by atoms with Gasteiger partial charge < -0.3 is 10.1 Å². The summed E-state index contributed by atoms with van der Waals surface area (Å²) < 4.78 is 5.94. The van der Waals surface area contributed by atoms with Crippen molar-refractivity contribution >= 4 is 28.9 Å². The van der Waals surface area contributed by atoms with E-state index >= 15 is 0 Å². The quantitative estimate of drug-likeness (QED) is 0.539. The van der Waals surface area contributed by atoms with Gasteiger partial charge in [-0.25, -0.2) is 0 Å². The highest BCUT2D eigenvalue weighted by atomic mass is 32.2. The standard InChI is InChI=1S/C25H19NO2S/c1-2-15-28-20-13-7-5-11-18(20)25-22-23(16-9-3-4-10-17(16)24(22)27)26-19-12-6-8-14-21(19)29-25/h2-14,25-26H,1,15H2/t25-/m0/s1. The van der Waals surface area contributed by atoms with Gasteiger partial charge in [-0.1, -0.05) is 67.3 Å². The summed E-state index contributed by atoms with van der Waals surface area (Å²) in [5.74, 6) is 0.854. The summed E-state index contributed by atoms with van der Waals surface area (Å²) in [6.07, 6.45) is 1.73. The summed E-state index contributed by atoms with van der Waals surface area (Å²) in [6, 6.07) is 23.9. The van der Waals surface area contributed by atoms with Crippen molar-refractivity contribution in [3.8, 4) is 5.75 Å². The van der Waals surface area contributed by atoms with Crippen LogP contribution >= 0.6 is 11.8 Å². The van der Waals surface area contributed by atoms with Gasteiger partial charge in [-0.3, -0.25) is 4.79 Å². The molecule has 0 unspecified atom stereocenters. The molecule has 1 aliphatic heterocycles. The maximum atomic E-state index is 13.5. The van der Waals surface area contributed by atoms with Gasteiger partial charge in [-0.05, 0) is 18.2 Å². The second kappa shape index (κ2) is 7.30. The van der Waals surface area contributed by atoms with E-state index in [4.69, 9.17) is 4.74 Å². The molecule has 1 N–H and O–H groups in total. The zero-order valence-electron chi connectivity index (χ0n) is 15.7. The zero-order valence-corrected chi connectivity index (χ0v) is 16.5. The van der Waals surface area contributed by atoms with Gasteiger partial charge >= 0.3 is 0 Å². The molecule has 29 heavy (non-hydrogen) atoms. The fraction of sp³-hybridized carbons (Fsp3) is 0.0800. The van der Waals surface area contributed by atoms with Crippen molar-refractivity contribution in [1.82, 2.24) is 0 Å². The highest BCUT2D eigenvalue weighted by molar-refractivity contribution is 8.00. The first kappa shape index (κ1) is 17.8. The number of ketones is 1. The molecule has 0 aromatic heterocycles. The molecule has 1 atom stereocenters. The van der Waals surface area contributed by atoms with Crippen LogP contribution in [0.3, 0.4) is 0 Å². The number of thioether (sulfide) groups is 1. The van der Waals surface area contributed by atoms with E-state index in [-0.39, 0.29) is 11.0 Å². The molecule has 4 heteroatoms. The molecular formula is C25H19NO2S. The molecule has 0 spiro atoms. The molecule has 0 saturated carbocycles. The number of nitrogens with one attached hydrogen (secondary N) is 1. The maximum absolute atomic E-state index is 13.5. The third kappa shape index (κ3) is 2.97. The van der Waals surface area contributed by atoms with Gasteiger partial charge in [0.15, 0.2) is 5.78 Å². The average molecular weight is 397 g/mol. The van der Waals surface area contributed by atoms with Gasteiger partial charge in [0.1, 0.15) is 12.4 Å². The van der Waals surface area contributed by atoms with E-state index in [1.165, 1.54) is 0 Å². The predicted molar refractivity (Wildman–Crippen MR) is 118 cm³/mol. The van der Waals surface area contributed by atoms with Gasteiger partial charge in [0.05, 0.1) is 16.6 Å². The molecule has 0 radical (unpaired) electrons. The Morgan fingerprint density at radius 2 is 1.69 bits per heavy atom. The predicted octanol–water partition coefficient (Wildman–Crippen LogP) is 6.12. The number of fused-ring (bicyclic) bond motifs is 3. The number of para-hydroxylation sites is 2. The molecule has 0 amide bonds. The Labute approximate surface area is 174 Å². The lowest BCUT2D eigenvalue weighted by atomic mass is 10.00. The number of benzene rings is 3. The first-order valence-corrected chi connectivity index (χ1v) is 10.4. The van der Waals surface area contributed by atoms with E-state index in [0.29, 0.717) is 6.61 Å². The van der Waals surface area contributed by atoms with E-state index < -0.39 is 0 Å². The summed E-state index contributed by atoms with van der Waals surface area (Å²) in [4.78, 5) is 14.6. The summed E-state index contributed by atoms with van der Waals surface area (Å²) >= 11 is 1.68. The topological polar surface area (TPSA) is 38.3 Å². The van der Waals surface area contributed by atoms with Gasteiger partial charge in [0, 0.05) is 27.2 Å². The molecule has 1 aliphatic carbocycles. The van der Waals surface area contributed by atoms with Crippen LogP contribution in [0.4, 0.5) is 5.69 Å². The second-order valence-electron chi connectivity index (χ2n) is 6.92. The van der Waals surface area contributed by atoms with E-state index in [9.17, 15) is 4.79 Å². The van der Waals surface area contributed by atoms with Crippen LogP contribution < -0.4 is 10.1 Å². The van der Waals surface area contributed by atoms with E-state index in [1.807, 2.05) is 60.7 Å². The van der Waals surface area contributed by atoms with E-state index in [0.717, 1.165) is 44.3 Å². The maximum Gasteiger partial charge on any atom is 0.193 e. The van der Waals surface area contributed by atoms with Crippen LogP contribution in [0, 0.1) is 0 Å². The first-order valence-electron chi connectivity index (χ1n) is 9.51. The van der Waals surface area contributed by atoms with Gasteiger partial charge in [-0.2, -0.15) is 0 Å². The number of carbonyl (C=O) groups excluding carboxylic acids is 1. The molecule has 1 heterocycles. The molecular weight excluding hydrogens is 378 g/mol. The Morgan fingerprint density at radius 3 is 2.55 bits per heavy atom. The van der Waals surface area contributed by atoms with Crippen LogP contribution in [-0.4, -0.2) is 12.4 Å². The Balaban J connectivity index is 1.72. The van der Waals surface area contributed by atoms with E-state index in [1.54, 1.807) is 17.8 Å². The lowest BCUT2D eigenvalue weighted by Gasteiger charge is -2.20. The van der Waals surface area contributed by atoms with Crippen LogP contribution in [-0.2, 0) is 0 Å². The van der Waals surface area contributed by atoms with Crippen molar-refractivity contribution in [3.63, 3.8) is 0 Å². The molecule has 0 fully saturated rings. The molecule has 3 aromatic carbocycles. The van der Waals surface area contributed by atoms with Gasteiger partial charge in [0.25, 0.3) is 0 Å². The molecule has 3 nitrogen and oxygen atoms in total. The van der Waals surface area contributed by atoms with Crippen molar-refractivity contribution < 1.29 is 9.53 Å². The number of rotatable bonds is 4. The molecule has 3 aromatic rings. The number of carbonyl (C=O) groups is 1. The van der Waals surface area contributed by atoms with Crippen LogP contribution in [0.2, 0.25) is 0 Å². The largest absolute Gasteiger partial charge is 0.489 e. The van der Waals surface area contributed by atoms with Crippen LogP contribution in [0.5, 0.6) is 5.75 Å². The fourth-order valence-electron chi connectivity index (χ4n) is 3.88. The summed E-state index contributed by atoms with van der Waals surface area (Å²) in [7, 11) is 0. The van der Waals surface area contributed by atoms with Crippen molar-refractivity contribution in [2.24, 2.45) is 0 Å². The molecule has 2 aliphatic rings. The highest BCUT2D eigenvalue weighted by Crippen LogP contribution is 2.53. The van der Waals surface area contributed by atoms with Crippen LogP contribution in [0.15, 0.2) is 95.9 Å².